The zero-order valence-corrected chi connectivity index (χ0v) is 11.6. The Labute approximate surface area is 114 Å². The molecule has 2 aromatic rings. The molecule has 1 N–H and O–H groups in total. The van der Waals surface area contributed by atoms with Gasteiger partial charge in [-0.3, -0.25) is 9.59 Å². The number of carbonyl (C=O) groups excluding carboxylic acids is 1. The molecule has 0 bridgehead atoms. The van der Waals surface area contributed by atoms with Gasteiger partial charge in [0.25, 0.3) is 0 Å². The summed E-state index contributed by atoms with van der Waals surface area (Å²) < 4.78 is 0. The summed E-state index contributed by atoms with van der Waals surface area (Å²) in [6.07, 6.45) is 0.871. The highest BCUT2D eigenvalue weighted by atomic mass is 32.1. The van der Waals surface area contributed by atoms with Crippen molar-refractivity contribution in [2.24, 2.45) is 0 Å². The fraction of sp³-hybridized carbons (Fsp3) is 0.286. The number of thiazole rings is 1. The first kappa shape index (κ1) is 12.2. The molecule has 5 heteroatoms. The molecule has 0 aliphatic carbocycles. The second-order valence-corrected chi connectivity index (χ2v) is 5.90. The third-order valence-corrected chi connectivity index (χ3v) is 4.27. The Morgan fingerprint density at radius 2 is 2.21 bits per heavy atom. The molecular formula is C14H14N2O2S. The van der Waals surface area contributed by atoms with Gasteiger partial charge in [-0.2, -0.15) is 0 Å². The summed E-state index contributed by atoms with van der Waals surface area (Å²) in [6, 6.07) is 6.00. The van der Waals surface area contributed by atoms with Gasteiger partial charge in [0.2, 0.25) is 5.91 Å². The minimum absolute atomic E-state index is 0.0293. The van der Waals surface area contributed by atoms with Gasteiger partial charge in [-0.25, -0.2) is 0 Å². The van der Waals surface area contributed by atoms with E-state index in [0.717, 1.165) is 34.8 Å². The lowest BCUT2D eigenvalue weighted by molar-refractivity contribution is -0.116. The van der Waals surface area contributed by atoms with Gasteiger partial charge in [0, 0.05) is 24.0 Å². The highest BCUT2D eigenvalue weighted by molar-refractivity contribution is 7.09. The number of benzene rings is 1. The minimum Gasteiger partial charge on any atom is -0.312 e. The van der Waals surface area contributed by atoms with E-state index < -0.39 is 0 Å². The largest absolute Gasteiger partial charge is 0.312 e. The summed E-state index contributed by atoms with van der Waals surface area (Å²) in [6.45, 7) is 4.27. The van der Waals surface area contributed by atoms with Crippen LogP contribution in [0.5, 0.6) is 0 Å². The van der Waals surface area contributed by atoms with Crippen molar-refractivity contribution in [3.63, 3.8) is 0 Å². The molecule has 0 saturated carbocycles. The molecule has 0 spiro atoms. The molecule has 0 saturated heterocycles. The van der Waals surface area contributed by atoms with E-state index in [2.05, 4.69) is 11.1 Å². The van der Waals surface area contributed by atoms with Crippen LogP contribution < -0.4 is 9.77 Å². The predicted octanol–water partition coefficient (Wildman–Crippen LogP) is 2.32. The van der Waals surface area contributed by atoms with Crippen LogP contribution in [0.1, 0.15) is 17.4 Å². The lowest BCUT2D eigenvalue weighted by Crippen LogP contribution is -2.25. The molecule has 0 atom stereocenters. The standard InChI is InChI=1S/C14H14N2O2S/c1-8-13(15-14(18)19-8)11-3-4-12-10(7-11)5-6-16(12)9(2)17/h3-4,7H,5-6H2,1-2H3,(H,15,18). The topological polar surface area (TPSA) is 53.2 Å². The molecule has 1 aromatic heterocycles. The van der Waals surface area contributed by atoms with Crippen molar-refractivity contribution in [1.82, 2.24) is 4.98 Å². The van der Waals surface area contributed by atoms with Crippen LogP contribution in [0, 0.1) is 6.92 Å². The number of carbonyl (C=O) groups is 1. The zero-order valence-electron chi connectivity index (χ0n) is 10.8. The number of aryl methyl sites for hydroxylation is 1. The average molecular weight is 274 g/mol. The highest BCUT2D eigenvalue weighted by Crippen LogP contribution is 2.32. The average Bonchev–Trinajstić information content (AvgIpc) is 2.91. The zero-order chi connectivity index (χ0) is 13.6. The first-order chi connectivity index (χ1) is 9.06. The van der Waals surface area contributed by atoms with Crippen LogP contribution in [0.25, 0.3) is 11.3 Å². The summed E-state index contributed by atoms with van der Waals surface area (Å²) in [5, 5.41) is 0. The number of anilines is 1. The van der Waals surface area contributed by atoms with Gasteiger partial charge in [-0.05, 0) is 36.6 Å². The Morgan fingerprint density at radius 1 is 1.42 bits per heavy atom. The van der Waals surface area contributed by atoms with E-state index in [9.17, 15) is 9.59 Å². The van der Waals surface area contributed by atoms with Crippen LogP contribution in [0.2, 0.25) is 0 Å². The number of aromatic nitrogens is 1. The van der Waals surface area contributed by atoms with Gasteiger partial charge in [0.1, 0.15) is 0 Å². The molecule has 98 valence electrons. The number of amides is 1. The first-order valence-corrected chi connectivity index (χ1v) is 6.99. The van der Waals surface area contributed by atoms with Crippen LogP contribution in [-0.2, 0) is 11.2 Å². The maximum Gasteiger partial charge on any atom is 0.305 e. The summed E-state index contributed by atoms with van der Waals surface area (Å²) in [4.78, 5) is 28.5. The molecular weight excluding hydrogens is 260 g/mol. The van der Waals surface area contributed by atoms with Crippen LogP contribution >= 0.6 is 11.3 Å². The Balaban J connectivity index is 2.06. The van der Waals surface area contributed by atoms with E-state index >= 15 is 0 Å². The maximum atomic E-state index is 11.5. The number of hydrogen-bond acceptors (Lipinski definition) is 3. The van der Waals surface area contributed by atoms with Crippen molar-refractivity contribution in [2.75, 3.05) is 11.4 Å². The monoisotopic (exact) mass is 274 g/mol. The lowest BCUT2D eigenvalue weighted by atomic mass is 10.1. The van der Waals surface area contributed by atoms with Crippen LogP contribution in [0.4, 0.5) is 5.69 Å². The van der Waals surface area contributed by atoms with Crippen LogP contribution in [0.15, 0.2) is 23.0 Å². The molecule has 0 fully saturated rings. The van der Waals surface area contributed by atoms with E-state index in [0.29, 0.717) is 0 Å². The number of rotatable bonds is 1. The first-order valence-electron chi connectivity index (χ1n) is 6.17. The van der Waals surface area contributed by atoms with E-state index in [4.69, 9.17) is 0 Å². The minimum atomic E-state index is -0.0293. The van der Waals surface area contributed by atoms with Gasteiger partial charge in [-0.1, -0.05) is 17.4 Å². The Bertz CT molecular complexity index is 714. The van der Waals surface area contributed by atoms with Gasteiger partial charge in [-0.15, -0.1) is 0 Å². The number of H-pyrrole nitrogens is 1. The van der Waals surface area contributed by atoms with Crippen molar-refractivity contribution in [3.8, 4) is 11.3 Å². The van der Waals surface area contributed by atoms with Crippen molar-refractivity contribution in [3.05, 3.63) is 38.3 Å². The van der Waals surface area contributed by atoms with E-state index in [1.165, 1.54) is 16.9 Å². The fourth-order valence-electron chi connectivity index (χ4n) is 2.57. The normalized spacial score (nSPS) is 13.7. The van der Waals surface area contributed by atoms with Crippen LogP contribution in [0.3, 0.4) is 0 Å². The van der Waals surface area contributed by atoms with Gasteiger partial charge < -0.3 is 9.88 Å². The molecule has 19 heavy (non-hydrogen) atoms. The second-order valence-electron chi connectivity index (χ2n) is 4.71. The summed E-state index contributed by atoms with van der Waals surface area (Å²) in [7, 11) is 0. The van der Waals surface area contributed by atoms with Crippen molar-refractivity contribution >= 4 is 22.9 Å². The number of fused-ring (bicyclic) bond motifs is 1. The second kappa shape index (κ2) is 4.35. The molecule has 0 unspecified atom stereocenters. The van der Waals surface area contributed by atoms with Gasteiger partial charge in [0.05, 0.1) is 5.69 Å². The van der Waals surface area contributed by atoms with Gasteiger partial charge >= 0.3 is 4.87 Å². The third-order valence-electron chi connectivity index (χ3n) is 3.47. The van der Waals surface area contributed by atoms with Crippen molar-refractivity contribution < 1.29 is 4.79 Å². The fourth-order valence-corrected chi connectivity index (χ4v) is 3.27. The quantitative estimate of drug-likeness (QED) is 0.867. The molecule has 4 nitrogen and oxygen atoms in total. The van der Waals surface area contributed by atoms with Crippen LogP contribution in [-0.4, -0.2) is 17.4 Å². The molecule has 0 radical (unpaired) electrons. The third kappa shape index (κ3) is 2.00. The lowest BCUT2D eigenvalue weighted by Gasteiger charge is -2.14. The summed E-state index contributed by atoms with van der Waals surface area (Å²) in [5.41, 5.74) is 4.06. The molecule has 1 aliphatic rings. The summed E-state index contributed by atoms with van der Waals surface area (Å²) >= 11 is 1.23. The SMILES string of the molecule is CC(=O)N1CCc2cc(-c3[nH]c(=O)sc3C)ccc21. The van der Waals surface area contributed by atoms with E-state index in [1.54, 1.807) is 11.8 Å². The van der Waals surface area contributed by atoms with Gasteiger partial charge in [0.15, 0.2) is 0 Å². The highest BCUT2D eigenvalue weighted by Gasteiger charge is 2.22. The Morgan fingerprint density at radius 3 is 2.84 bits per heavy atom. The van der Waals surface area contributed by atoms with E-state index in [-0.39, 0.29) is 10.8 Å². The number of nitrogens with zero attached hydrogens (tertiary/aromatic N) is 1. The Kier molecular flexibility index (Phi) is 2.78. The Hall–Kier alpha value is -1.88. The molecule has 1 amide bonds. The smallest absolute Gasteiger partial charge is 0.305 e. The maximum absolute atomic E-state index is 11.5. The number of nitrogens with one attached hydrogen (secondary N) is 1. The molecule has 1 aliphatic heterocycles. The van der Waals surface area contributed by atoms with E-state index in [1.807, 2.05) is 19.1 Å². The predicted molar refractivity (Wildman–Crippen MR) is 76.8 cm³/mol. The van der Waals surface area contributed by atoms with Crippen molar-refractivity contribution in [2.45, 2.75) is 20.3 Å². The number of aromatic amines is 1. The molecule has 1 aromatic carbocycles. The molecule has 3 rings (SSSR count). The summed E-state index contributed by atoms with van der Waals surface area (Å²) in [5.74, 6) is 0.0756. The van der Waals surface area contributed by atoms with Crippen molar-refractivity contribution in [1.29, 1.82) is 0 Å². The molecule has 2 heterocycles. The number of hydrogen-bond donors (Lipinski definition) is 1.